The molecule has 0 radical (unpaired) electrons. The monoisotopic (exact) mass is 319 g/mol. The van der Waals surface area contributed by atoms with E-state index in [2.05, 4.69) is 10.1 Å². The van der Waals surface area contributed by atoms with Gasteiger partial charge in [-0.05, 0) is 24.6 Å². The van der Waals surface area contributed by atoms with Crippen LogP contribution in [0.2, 0.25) is 0 Å². The highest BCUT2D eigenvalue weighted by molar-refractivity contribution is 5.91. The van der Waals surface area contributed by atoms with Gasteiger partial charge in [0.2, 0.25) is 0 Å². The molecule has 4 nitrogen and oxygen atoms in total. The molecule has 0 aromatic heterocycles. The Balaban J connectivity index is 1.91. The van der Waals surface area contributed by atoms with E-state index in [9.17, 15) is 18.4 Å². The van der Waals surface area contributed by atoms with Gasteiger partial charge in [0.1, 0.15) is 17.2 Å². The summed E-state index contributed by atoms with van der Waals surface area (Å²) >= 11 is 0. The van der Waals surface area contributed by atoms with Crippen molar-refractivity contribution in [1.82, 2.24) is 5.32 Å². The molecule has 0 bridgehead atoms. The maximum Gasteiger partial charge on any atom is 0.344 e. The first-order chi connectivity index (χ1) is 11.0. The van der Waals surface area contributed by atoms with E-state index in [0.29, 0.717) is 0 Å². The van der Waals surface area contributed by atoms with Crippen LogP contribution in [0.1, 0.15) is 28.9 Å². The van der Waals surface area contributed by atoms with Gasteiger partial charge in [-0.25, -0.2) is 13.6 Å². The molecule has 0 fully saturated rings. The Kier molecular flexibility index (Phi) is 5.41. The van der Waals surface area contributed by atoms with Crippen LogP contribution in [0.15, 0.2) is 48.5 Å². The third kappa shape index (κ3) is 4.35. The van der Waals surface area contributed by atoms with Crippen LogP contribution < -0.4 is 5.32 Å². The lowest BCUT2D eigenvalue weighted by Gasteiger charge is -2.14. The second kappa shape index (κ2) is 7.49. The summed E-state index contributed by atoms with van der Waals surface area (Å²) in [6.45, 7) is 1.15. The third-order valence-corrected chi connectivity index (χ3v) is 3.18. The first-order valence-corrected chi connectivity index (χ1v) is 6.94. The molecular weight excluding hydrogens is 304 g/mol. The predicted molar refractivity (Wildman–Crippen MR) is 79.6 cm³/mol. The fourth-order valence-electron chi connectivity index (χ4n) is 2.00. The fourth-order valence-corrected chi connectivity index (χ4v) is 2.00. The average molecular weight is 319 g/mol. The van der Waals surface area contributed by atoms with E-state index >= 15 is 0 Å². The number of carbonyl (C=O) groups excluding carboxylic acids is 2. The molecule has 0 saturated heterocycles. The summed E-state index contributed by atoms with van der Waals surface area (Å²) in [6, 6.07) is 11.9. The number of carbonyl (C=O) groups is 2. The quantitative estimate of drug-likeness (QED) is 0.862. The van der Waals surface area contributed by atoms with Crippen LogP contribution in [0.3, 0.4) is 0 Å². The van der Waals surface area contributed by atoms with Gasteiger partial charge in [-0.2, -0.15) is 0 Å². The highest BCUT2D eigenvalue weighted by atomic mass is 19.1. The zero-order valence-corrected chi connectivity index (χ0v) is 12.4. The molecule has 2 aromatic carbocycles. The molecule has 0 aliphatic rings. The van der Waals surface area contributed by atoms with Crippen LogP contribution in [0.4, 0.5) is 8.78 Å². The third-order valence-electron chi connectivity index (χ3n) is 3.18. The van der Waals surface area contributed by atoms with Crippen molar-refractivity contribution in [3.8, 4) is 0 Å². The van der Waals surface area contributed by atoms with Crippen LogP contribution in [0.25, 0.3) is 0 Å². The van der Waals surface area contributed by atoms with Gasteiger partial charge < -0.3 is 10.1 Å². The molecule has 23 heavy (non-hydrogen) atoms. The minimum absolute atomic E-state index is 0.285. The van der Waals surface area contributed by atoms with Crippen molar-refractivity contribution >= 4 is 11.9 Å². The first kappa shape index (κ1) is 16.6. The molecule has 120 valence electrons. The van der Waals surface area contributed by atoms with Gasteiger partial charge in [0.25, 0.3) is 5.91 Å². The molecule has 0 spiro atoms. The maximum atomic E-state index is 13.4. The molecule has 0 aliphatic carbocycles. The maximum absolute atomic E-state index is 13.4. The van der Waals surface area contributed by atoms with Crippen molar-refractivity contribution < 1.29 is 23.1 Å². The van der Waals surface area contributed by atoms with Gasteiger partial charge >= 0.3 is 5.97 Å². The van der Waals surface area contributed by atoms with Crippen molar-refractivity contribution in [3.05, 3.63) is 71.3 Å². The molecule has 1 unspecified atom stereocenters. The molecule has 0 saturated carbocycles. The van der Waals surface area contributed by atoms with Gasteiger partial charge in [0, 0.05) is 0 Å². The topological polar surface area (TPSA) is 55.4 Å². The largest absolute Gasteiger partial charge is 0.452 e. The molecule has 2 rings (SSSR count). The molecule has 0 aliphatic heterocycles. The standard InChI is InChI=1S/C17H15F2NO3/c1-11(12-6-3-2-4-7-12)20-15(21)10-23-17(22)16-13(18)8-5-9-14(16)19/h2-9,11H,10H2,1H3,(H,20,21). The lowest BCUT2D eigenvalue weighted by Crippen LogP contribution is -2.31. The van der Waals surface area contributed by atoms with Crippen LogP contribution in [0.5, 0.6) is 0 Å². The number of nitrogens with one attached hydrogen (secondary N) is 1. The van der Waals surface area contributed by atoms with Crippen molar-refractivity contribution in [2.75, 3.05) is 6.61 Å². The summed E-state index contributed by atoms with van der Waals surface area (Å²) in [4.78, 5) is 23.4. The van der Waals surface area contributed by atoms with E-state index in [-0.39, 0.29) is 6.04 Å². The lowest BCUT2D eigenvalue weighted by molar-refractivity contribution is -0.124. The summed E-state index contributed by atoms with van der Waals surface area (Å²) < 4.78 is 31.5. The molecular formula is C17H15F2NO3. The van der Waals surface area contributed by atoms with Crippen LogP contribution >= 0.6 is 0 Å². The van der Waals surface area contributed by atoms with E-state index in [0.717, 1.165) is 23.8 Å². The summed E-state index contributed by atoms with van der Waals surface area (Å²) in [6.07, 6.45) is 0. The number of hydrogen-bond donors (Lipinski definition) is 1. The van der Waals surface area contributed by atoms with Gasteiger partial charge in [-0.1, -0.05) is 36.4 Å². The van der Waals surface area contributed by atoms with Crippen LogP contribution in [0, 0.1) is 11.6 Å². The molecule has 6 heteroatoms. The Morgan fingerprint density at radius 2 is 1.65 bits per heavy atom. The summed E-state index contributed by atoms with van der Waals surface area (Å²) in [5.41, 5.74) is 0.0729. The first-order valence-electron chi connectivity index (χ1n) is 6.94. The van der Waals surface area contributed by atoms with E-state index < -0.39 is 35.7 Å². The Morgan fingerprint density at radius 3 is 2.26 bits per heavy atom. The van der Waals surface area contributed by atoms with Crippen molar-refractivity contribution in [2.45, 2.75) is 13.0 Å². The van der Waals surface area contributed by atoms with Gasteiger partial charge in [-0.15, -0.1) is 0 Å². The lowest BCUT2D eigenvalue weighted by atomic mass is 10.1. The van der Waals surface area contributed by atoms with Crippen molar-refractivity contribution in [2.24, 2.45) is 0 Å². The summed E-state index contributed by atoms with van der Waals surface area (Å²) in [5, 5.41) is 2.63. The highest BCUT2D eigenvalue weighted by Gasteiger charge is 2.20. The number of amides is 1. The van der Waals surface area contributed by atoms with Crippen LogP contribution in [-0.4, -0.2) is 18.5 Å². The molecule has 1 atom stereocenters. The summed E-state index contributed by atoms with van der Waals surface area (Å²) in [7, 11) is 0. The molecule has 1 N–H and O–H groups in total. The fraction of sp³-hybridized carbons (Fsp3) is 0.176. The van der Waals surface area contributed by atoms with Crippen molar-refractivity contribution in [1.29, 1.82) is 0 Å². The normalized spacial score (nSPS) is 11.6. The minimum Gasteiger partial charge on any atom is -0.452 e. The number of ether oxygens (including phenoxy) is 1. The number of hydrogen-bond acceptors (Lipinski definition) is 3. The average Bonchev–Trinajstić information content (AvgIpc) is 2.53. The second-order valence-corrected chi connectivity index (χ2v) is 4.87. The zero-order chi connectivity index (χ0) is 16.8. The summed E-state index contributed by atoms with van der Waals surface area (Å²) in [5.74, 6) is -3.85. The van der Waals surface area contributed by atoms with Crippen LogP contribution in [-0.2, 0) is 9.53 Å². The number of rotatable bonds is 5. The highest BCUT2D eigenvalue weighted by Crippen LogP contribution is 2.14. The molecule has 2 aromatic rings. The Bertz CT molecular complexity index is 684. The molecule has 0 heterocycles. The van der Waals surface area contributed by atoms with E-state index in [1.807, 2.05) is 30.3 Å². The Morgan fingerprint density at radius 1 is 1.04 bits per heavy atom. The second-order valence-electron chi connectivity index (χ2n) is 4.87. The number of esters is 1. The van der Waals surface area contributed by atoms with Crippen molar-refractivity contribution in [3.63, 3.8) is 0 Å². The SMILES string of the molecule is CC(NC(=O)COC(=O)c1c(F)cccc1F)c1ccccc1. The predicted octanol–water partition coefficient (Wildman–Crippen LogP) is 3.00. The van der Waals surface area contributed by atoms with E-state index in [1.165, 1.54) is 0 Å². The number of halogens is 2. The molecule has 1 amide bonds. The van der Waals surface area contributed by atoms with Gasteiger partial charge in [-0.3, -0.25) is 4.79 Å². The smallest absolute Gasteiger partial charge is 0.344 e. The van der Waals surface area contributed by atoms with E-state index in [4.69, 9.17) is 0 Å². The van der Waals surface area contributed by atoms with Gasteiger partial charge in [0.05, 0.1) is 6.04 Å². The Hall–Kier alpha value is -2.76. The van der Waals surface area contributed by atoms with Gasteiger partial charge in [0.15, 0.2) is 6.61 Å². The minimum atomic E-state index is -1.22. The number of benzene rings is 2. The zero-order valence-electron chi connectivity index (χ0n) is 12.4. The Labute approximate surface area is 132 Å². The van der Waals surface area contributed by atoms with E-state index in [1.54, 1.807) is 6.92 Å².